The third kappa shape index (κ3) is 3.36. The van der Waals surface area contributed by atoms with Crippen LogP contribution in [0.5, 0.6) is 0 Å². The van der Waals surface area contributed by atoms with E-state index < -0.39 is 11.4 Å². The van der Waals surface area contributed by atoms with Gasteiger partial charge in [-0.1, -0.05) is 0 Å². The van der Waals surface area contributed by atoms with Crippen LogP contribution in [-0.2, 0) is 9.59 Å². The number of aliphatic carboxylic acids is 1. The summed E-state index contributed by atoms with van der Waals surface area (Å²) in [5, 5.41) is 11.7. The molecular weight excluding hydrogens is 182 g/mol. The third-order valence-electron chi connectivity index (χ3n) is 2.50. The first-order chi connectivity index (χ1) is 6.42. The maximum Gasteiger partial charge on any atom is 0.309 e. The molecule has 4 nitrogen and oxygen atoms in total. The van der Waals surface area contributed by atoms with Crippen molar-refractivity contribution >= 4 is 11.9 Å². The van der Waals surface area contributed by atoms with Gasteiger partial charge in [0, 0.05) is 12.5 Å². The van der Waals surface area contributed by atoms with Crippen LogP contribution in [-0.4, -0.2) is 23.0 Å². The van der Waals surface area contributed by atoms with Crippen LogP contribution in [0.2, 0.25) is 0 Å². The Bertz CT molecular complexity index is 244. The van der Waals surface area contributed by atoms with E-state index in [-0.39, 0.29) is 5.91 Å². The number of rotatable bonds is 5. The van der Waals surface area contributed by atoms with Crippen molar-refractivity contribution in [3.05, 3.63) is 0 Å². The van der Waals surface area contributed by atoms with Crippen LogP contribution >= 0.6 is 0 Å². The summed E-state index contributed by atoms with van der Waals surface area (Å²) < 4.78 is 0. The Morgan fingerprint density at radius 2 is 2.00 bits per heavy atom. The van der Waals surface area contributed by atoms with Crippen molar-refractivity contribution < 1.29 is 14.7 Å². The van der Waals surface area contributed by atoms with Crippen LogP contribution in [0.3, 0.4) is 0 Å². The summed E-state index contributed by atoms with van der Waals surface area (Å²) >= 11 is 0. The molecule has 80 valence electrons. The summed E-state index contributed by atoms with van der Waals surface area (Å²) in [6, 6.07) is 0.357. The highest BCUT2D eigenvalue weighted by Crippen LogP contribution is 2.23. The number of hydrogen-bond donors (Lipinski definition) is 2. The molecule has 0 bridgehead atoms. The van der Waals surface area contributed by atoms with Gasteiger partial charge in [0.25, 0.3) is 0 Å². The second kappa shape index (κ2) is 3.98. The average molecular weight is 199 g/mol. The molecule has 0 spiro atoms. The van der Waals surface area contributed by atoms with Gasteiger partial charge in [-0.3, -0.25) is 9.59 Å². The number of carboxylic acid groups (broad SMARTS) is 1. The second-order valence-corrected chi connectivity index (χ2v) is 4.53. The fourth-order valence-electron chi connectivity index (χ4n) is 1.06. The molecule has 1 aliphatic rings. The van der Waals surface area contributed by atoms with E-state index in [0.29, 0.717) is 18.9 Å². The molecule has 0 aliphatic heterocycles. The van der Waals surface area contributed by atoms with Gasteiger partial charge in [0.05, 0.1) is 5.41 Å². The highest BCUT2D eigenvalue weighted by atomic mass is 16.4. The van der Waals surface area contributed by atoms with Gasteiger partial charge in [-0.05, 0) is 33.1 Å². The number of carboxylic acids is 1. The van der Waals surface area contributed by atoms with Gasteiger partial charge < -0.3 is 10.4 Å². The van der Waals surface area contributed by atoms with Crippen molar-refractivity contribution in [1.82, 2.24) is 5.32 Å². The summed E-state index contributed by atoms with van der Waals surface area (Å²) in [5.74, 6) is -0.876. The van der Waals surface area contributed by atoms with E-state index in [4.69, 9.17) is 5.11 Å². The van der Waals surface area contributed by atoms with Crippen LogP contribution in [0, 0.1) is 5.41 Å². The fourth-order valence-corrected chi connectivity index (χ4v) is 1.06. The molecule has 0 aromatic heterocycles. The molecular formula is C10H17NO3. The predicted molar refractivity (Wildman–Crippen MR) is 51.8 cm³/mol. The van der Waals surface area contributed by atoms with Crippen LogP contribution in [0.25, 0.3) is 0 Å². The second-order valence-electron chi connectivity index (χ2n) is 4.53. The maximum absolute atomic E-state index is 11.3. The van der Waals surface area contributed by atoms with Crippen LogP contribution in [0.1, 0.15) is 39.5 Å². The lowest BCUT2D eigenvalue weighted by molar-refractivity contribution is -0.147. The normalized spacial score (nSPS) is 16.4. The van der Waals surface area contributed by atoms with E-state index in [2.05, 4.69) is 5.32 Å². The van der Waals surface area contributed by atoms with Gasteiger partial charge in [-0.2, -0.15) is 0 Å². The van der Waals surface area contributed by atoms with Gasteiger partial charge in [0.2, 0.25) is 5.91 Å². The van der Waals surface area contributed by atoms with E-state index in [1.165, 1.54) is 0 Å². The number of amides is 1. The molecule has 4 heteroatoms. The fraction of sp³-hybridized carbons (Fsp3) is 0.800. The van der Waals surface area contributed by atoms with Gasteiger partial charge in [-0.25, -0.2) is 0 Å². The van der Waals surface area contributed by atoms with Gasteiger partial charge in [0.1, 0.15) is 0 Å². The molecule has 0 atom stereocenters. The molecule has 2 N–H and O–H groups in total. The van der Waals surface area contributed by atoms with Crippen molar-refractivity contribution in [2.75, 3.05) is 0 Å². The van der Waals surface area contributed by atoms with Gasteiger partial charge in [-0.15, -0.1) is 0 Å². The molecule has 0 saturated heterocycles. The Labute approximate surface area is 83.7 Å². The van der Waals surface area contributed by atoms with Gasteiger partial charge in [0.15, 0.2) is 0 Å². The van der Waals surface area contributed by atoms with E-state index in [9.17, 15) is 9.59 Å². The van der Waals surface area contributed by atoms with Crippen molar-refractivity contribution in [2.24, 2.45) is 5.41 Å². The number of carbonyl (C=O) groups excluding carboxylic acids is 1. The smallest absolute Gasteiger partial charge is 0.309 e. The highest BCUT2D eigenvalue weighted by molar-refractivity contribution is 5.78. The highest BCUT2D eigenvalue weighted by Gasteiger charge is 2.29. The predicted octanol–water partition coefficient (Wildman–Crippen LogP) is 1.16. The molecule has 0 aromatic rings. The zero-order valence-electron chi connectivity index (χ0n) is 8.67. The Morgan fingerprint density at radius 1 is 1.43 bits per heavy atom. The minimum absolute atomic E-state index is 0.0261. The minimum Gasteiger partial charge on any atom is -0.481 e. The SMILES string of the molecule is CC(C)(CCC(=O)NC1CC1)C(=O)O. The Morgan fingerprint density at radius 3 is 2.43 bits per heavy atom. The Balaban J connectivity index is 2.24. The first-order valence-corrected chi connectivity index (χ1v) is 4.94. The molecule has 1 aliphatic carbocycles. The van der Waals surface area contributed by atoms with Crippen molar-refractivity contribution in [2.45, 2.75) is 45.6 Å². The van der Waals surface area contributed by atoms with E-state index in [0.717, 1.165) is 12.8 Å². The Kier molecular flexibility index (Phi) is 3.13. The van der Waals surface area contributed by atoms with Crippen LogP contribution in [0.15, 0.2) is 0 Å². The lowest BCUT2D eigenvalue weighted by Crippen LogP contribution is -2.29. The monoisotopic (exact) mass is 199 g/mol. The molecule has 0 aromatic carbocycles. The van der Waals surface area contributed by atoms with E-state index >= 15 is 0 Å². The molecule has 1 amide bonds. The molecule has 0 heterocycles. The van der Waals surface area contributed by atoms with Crippen molar-refractivity contribution in [1.29, 1.82) is 0 Å². The largest absolute Gasteiger partial charge is 0.481 e. The molecule has 1 saturated carbocycles. The van der Waals surface area contributed by atoms with Crippen LogP contribution in [0.4, 0.5) is 0 Å². The summed E-state index contributed by atoms with van der Waals surface area (Å²) in [7, 11) is 0. The summed E-state index contributed by atoms with van der Waals surface area (Å²) in [6.45, 7) is 3.28. The maximum atomic E-state index is 11.3. The lowest BCUT2D eigenvalue weighted by atomic mass is 9.88. The third-order valence-corrected chi connectivity index (χ3v) is 2.50. The first-order valence-electron chi connectivity index (χ1n) is 4.94. The molecule has 1 rings (SSSR count). The zero-order chi connectivity index (χ0) is 10.8. The van der Waals surface area contributed by atoms with Crippen molar-refractivity contribution in [3.63, 3.8) is 0 Å². The summed E-state index contributed by atoms with van der Waals surface area (Å²) in [5.41, 5.74) is -0.805. The Hall–Kier alpha value is -1.06. The minimum atomic E-state index is -0.850. The summed E-state index contributed by atoms with van der Waals surface area (Å²) in [4.78, 5) is 22.0. The standard InChI is InChI=1S/C10H17NO3/c1-10(2,9(13)14)6-5-8(12)11-7-3-4-7/h7H,3-6H2,1-2H3,(H,11,12)(H,13,14). The van der Waals surface area contributed by atoms with Gasteiger partial charge >= 0.3 is 5.97 Å². The zero-order valence-corrected chi connectivity index (χ0v) is 8.67. The number of hydrogen-bond acceptors (Lipinski definition) is 2. The molecule has 14 heavy (non-hydrogen) atoms. The quantitative estimate of drug-likeness (QED) is 0.698. The number of carbonyl (C=O) groups is 2. The van der Waals surface area contributed by atoms with E-state index in [1.807, 2.05) is 0 Å². The topological polar surface area (TPSA) is 66.4 Å². The van der Waals surface area contributed by atoms with Crippen LogP contribution < -0.4 is 5.32 Å². The summed E-state index contributed by atoms with van der Waals surface area (Å²) in [6.07, 6.45) is 2.82. The molecule has 1 fully saturated rings. The molecule has 0 unspecified atom stereocenters. The van der Waals surface area contributed by atoms with Crippen molar-refractivity contribution in [3.8, 4) is 0 Å². The average Bonchev–Trinajstić information content (AvgIpc) is 2.85. The first kappa shape index (κ1) is 11.0. The molecule has 0 radical (unpaired) electrons. The number of nitrogens with one attached hydrogen (secondary N) is 1. The van der Waals surface area contributed by atoms with E-state index in [1.54, 1.807) is 13.8 Å². The lowest BCUT2D eigenvalue weighted by Gasteiger charge is -2.18.